The summed E-state index contributed by atoms with van der Waals surface area (Å²) in [5.74, 6) is 1.03. The first kappa shape index (κ1) is 20.4. The van der Waals surface area contributed by atoms with Crippen molar-refractivity contribution in [3.05, 3.63) is 77.9 Å². The Morgan fingerprint density at radius 2 is 1.69 bits per heavy atom. The number of sulfonamides is 1. The van der Waals surface area contributed by atoms with Gasteiger partial charge >= 0.3 is 0 Å². The molecule has 0 fully saturated rings. The van der Waals surface area contributed by atoms with Crippen LogP contribution in [0.3, 0.4) is 0 Å². The number of nitrogens with two attached hydrogens (primary N) is 1. The number of hydrogen-bond acceptors (Lipinski definition) is 5. The molecular formula is C21H20N2O5S. The van der Waals surface area contributed by atoms with E-state index in [-0.39, 0.29) is 16.2 Å². The molecule has 3 rings (SSSR count). The number of nitrogens with one attached hydrogen (secondary N) is 1. The van der Waals surface area contributed by atoms with Gasteiger partial charge in [0.1, 0.15) is 17.2 Å². The molecule has 0 spiro atoms. The van der Waals surface area contributed by atoms with Gasteiger partial charge < -0.3 is 14.8 Å². The fourth-order valence-corrected chi connectivity index (χ4v) is 3.20. The molecule has 3 N–H and O–H groups in total. The maximum absolute atomic E-state index is 12.6. The van der Waals surface area contributed by atoms with Crippen molar-refractivity contribution in [2.75, 3.05) is 12.4 Å². The van der Waals surface area contributed by atoms with Crippen molar-refractivity contribution in [2.24, 2.45) is 5.14 Å². The van der Waals surface area contributed by atoms with Crippen LogP contribution in [0.2, 0.25) is 0 Å². The molecule has 0 radical (unpaired) electrons. The first-order chi connectivity index (χ1) is 13.8. The number of amides is 1. The fraction of sp³-hybridized carbons (Fsp3) is 0.0952. The Kier molecular flexibility index (Phi) is 5.86. The van der Waals surface area contributed by atoms with Crippen LogP contribution in [-0.2, 0) is 10.0 Å². The van der Waals surface area contributed by atoms with E-state index in [1.54, 1.807) is 24.3 Å². The van der Waals surface area contributed by atoms with Crippen molar-refractivity contribution in [3.63, 3.8) is 0 Å². The Balaban J connectivity index is 1.77. The number of aryl methyl sites for hydroxylation is 1. The van der Waals surface area contributed by atoms with Crippen LogP contribution in [0.25, 0.3) is 0 Å². The molecule has 3 aromatic rings. The molecular weight excluding hydrogens is 392 g/mol. The van der Waals surface area contributed by atoms with Gasteiger partial charge in [-0.05, 0) is 67.1 Å². The number of carbonyl (C=O) groups excluding carboxylic acids is 1. The average Bonchev–Trinajstić information content (AvgIpc) is 2.68. The van der Waals surface area contributed by atoms with Gasteiger partial charge in [-0.25, -0.2) is 13.6 Å². The number of anilines is 1. The van der Waals surface area contributed by atoms with Gasteiger partial charge in [0.15, 0.2) is 0 Å². The molecule has 0 saturated heterocycles. The topological polar surface area (TPSA) is 108 Å². The van der Waals surface area contributed by atoms with Crippen LogP contribution in [0.15, 0.2) is 71.6 Å². The Morgan fingerprint density at radius 1 is 0.966 bits per heavy atom. The zero-order valence-electron chi connectivity index (χ0n) is 15.9. The van der Waals surface area contributed by atoms with Gasteiger partial charge in [0.25, 0.3) is 5.91 Å². The molecule has 8 heteroatoms. The zero-order valence-corrected chi connectivity index (χ0v) is 16.7. The van der Waals surface area contributed by atoms with E-state index in [9.17, 15) is 13.2 Å². The standard InChI is InChI=1S/C21H20N2O5S/c1-14-4-3-5-17(12-14)28-16-8-6-15(7-9-16)23-21(24)19-13-18(29(22,25)26)10-11-20(19)27-2/h3-13H,1-2H3,(H,23,24)(H2,22,25,26). The summed E-state index contributed by atoms with van der Waals surface area (Å²) in [7, 11) is -2.56. The van der Waals surface area contributed by atoms with Gasteiger partial charge in [0, 0.05) is 5.69 Å². The minimum atomic E-state index is -3.95. The van der Waals surface area contributed by atoms with Crippen molar-refractivity contribution in [2.45, 2.75) is 11.8 Å². The number of carbonyl (C=O) groups is 1. The molecule has 7 nitrogen and oxygen atoms in total. The second-order valence-corrected chi connectivity index (χ2v) is 7.87. The van der Waals surface area contributed by atoms with Crippen LogP contribution >= 0.6 is 0 Å². The quantitative estimate of drug-likeness (QED) is 0.642. The lowest BCUT2D eigenvalue weighted by Gasteiger charge is -2.11. The van der Waals surface area contributed by atoms with Crippen LogP contribution < -0.4 is 19.9 Å². The Bertz CT molecular complexity index is 1140. The lowest BCUT2D eigenvalue weighted by molar-refractivity contribution is 0.102. The summed E-state index contributed by atoms with van der Waals surface area (Å²) < 4.78 is 34.1. The monoisotopic (exact) mass is 412 g/mol. The van der Waals surface area contributed by atoms with Gasteiger partial charge in [-0.15, -0.1) is 0 Å². The van der Waals surface area contributed by atoms with E-state index in [2.05, 4.69) is 5.32 Å². The normalized spacial score (nSPS) is 11.0. The van der Waals surface area contributed by atoms with Crippen LogP contribution in [0.4, 0.5) is 5.69 Å². The summed E-state index contributed by atoms with van der Waals surface area (Å²) in [4.78, 5) is 12.5. The number of methoxy groups -OCH3 is 1. The van der Waals surface area contributed by atoms with Crippen LogP contribution in [-0.4, -0.2) is 21.4 Å². The van der Waals surface area contributed by atoms with E-state index in [1.807, 2.05) is 31.2 Å². The third kappa shape index (κ3) is 5.13. The molecule has 0 unspecified atom stereocenters. The van der Waals surface area contributed by atoms with Gasteiger partial charge in [0.05, 0.1) is 17.6 Å². The van der Waals surface area contributed by atoms with Crippen LogP contribution in [0.1, 0.15) is 15.9 Å². The van der Waals surface area contributed by atoms with E-state index in [0.717, 1.165) is 5.56 Å². The SMILES string of the molecule is COc1ccc(S(N)(=O)=O)cc1C(=O)Nc1ccc(Oc2cccc(C)c2)cc1. The summed E-state index contributed by atoms with van der Waals surface area (Å²) >= 11 is 0. The largest absolute Gasteiger partial charge is 0.496 e. The maximum Gasteiger partial charge on any atom is 0.259 e. The third-order valence-electron chi connectivity index (χ3n) is 4.08. The zero-order chi connectivity index (χ0) is 21.0. The van der Waals surface area contributed by atoms with Crippen LogP contribution in [0, 0.1) is 6.92 Å². The Labute approximate surface area is 169 Å². The predicted octanol–water partition coefficient (Wildman–Crippen LogP) is 3.70. The van der Waals surface area contributed by atoms with Gasteiger partial charge in [-0.3, -0.25) is 4.79 Å². The van der Waals surface area contributed by atoms with Gasteiger partial charge in [0.2, 0.25) is 10.0 Å². The van der Waals surface area contributed by atoms with Crippen molar-refractivity contribution in [1.29, 1.82) is 0 Å². The second kappa shape index (κ2) is 8.34. The second-order valence-electron chi connectivity index (χ2n) is 6.30. The maximum atomic E-state index is 12.6. The molecule has 0 aliphatic rings. The van der Waals surface area contributed by atoms with E-state index >= 15 is 0 Å². The highest BCUT2D eigenvalue weighted by Crippen LogP contribution is 2.26. The Hall–Kier alpha value is -3.36. The fourth-order valence-electron chi connectivity index (χ4n) is 2.66. The average molecular weight is 412 g/mol. The number of ether oxygens (including phenoxy) is 2. The predicted molar refractivity (Wildman–Crippen MR) is 110 cm³/mol. The minimum Gasteiger partial charge on any atom is -0.496 e. The Morgan fingerprint density at radius 3 is 2.31 bits per heavy atom. The number of hydrogen-bond donors (Lipinski definition) is 2. The summed E-state index contributed by atoms with van der Waals surface area (Å²) in [5, 5.41) is 7.85. The van der Waals surface area contributed by atoms with Gasteiger partial charge in [-0.1, -0.05) is 12.1 Å². The van der Waals surface area contributed by atoms with Gasteiger partial charge in [-0.2, -0.15) is 0 Å². The molecule has 0 atom stereocenters. The molecule has 1 amide bonds. The van der Waals surface area contributed by atoms with Crippen molar-refractivity contribution in [3.8, 4) is 17.2 Å². The van der Waals surface area contributed by atoms with Crippen molar-refractivity contribution >= 4 is 21.6 Å². The summed E-state index contributed by atoms with van der Waals surface area (Å²) in [6.45, 7) is 1.98. The highest BCUT2D eigenvalue weighted by atomic mass is 32.2. The number of rotatable bonds is 6. The highest BCUT2D eigenvalue weighted by Gasteiger charge is 2.17. The smallest absolute Gasteiger partial charge is 0.259 e. The minimum absolute atomic E-state index is 0.0547. The molecule has 0 aliphatic heterocycles. The molecule has 0 aliphatic carbocycles. The van der Waals surface area contributed by atoms with E-state index in [4.69, 9.17) is 14.6 Å². The first-order valence-electron chi connectivity index (χ1n) is 8.63. The molecule has 0 bridgehead atoms. The lowest BCUT2D eigenvalue weighted by atomic mass is 10.2. The molecule has 3 aromatic carbocycles. The first-order valence-corrected chi connectivity index (χ1v) is 10.2. The molecule has 0 aromatic heterocycles. The number of primary sulfonamides is 1. The molecule has 29 heavy (non-hydrogen) atoms. The lowest BCUT2D eigenvalue weighted by Crippen LogP contribution is -2.16. The van der Waals surface area contributed by atoms with Crippen molar-refractivity contribution in [1.82, 2.24) is 0 Å². The molecule has 150 valence electrons. The van der Waals surface area contributed by atoms with E-state index < -0.39 is 15.9 Å². The molecule has 0 heterocycles. The highest BCUT2D eigenvalue weighted by molar-refractivity contribution is 7.89. The van der Waals surface area contributed by atoms with E-state index in [0.29, 0.717) is 17.2 Å². The molecule has 0 saturated carbocycles. The van der Waals surface area contributed by atoms with E-state index in [1.165, 1.54) is 25.3 Å². The summed E-state index contributed by atoms with van der Waals surface area (Å²) in [5.41, 5.74) is 1.65. The third-order valence-corrected chi connectivity index (χ3v) is 4.99. The number of benzene rings is 3. The van der Waals surface area contributed by atoms with Crippen molar-refractivity contribution < 1.29 is 22.7 Å². The summed E-state index contributed by atoms with van der Waals surface area (Å²) in [6.07, 6.45) is 0. The van der Waals surface area contributed by atoms with Crippen LogP contribution in [0.5, 0.6) is 17.2 Å². The summed E-state index contributed by atoms with van der Waals surface area (Å²) in [6, 6.07) is 18.3.